The predicted octanol–water partition coefficient (Wildman–Crippen LogP) is -1.22. The van der Waals surface area contributed by atoms with Crippen LogP contribution in [0, 0.1) is 11.8 Å². The van der Waals surface area contributed by atoms with Gasteiger partial charge in [-0.1, -0.05) is 0 Å². The number of aldehydes is 1. The molecule has 0 bridgehead atoms. The minimum Gasteiger partial charge on any atom is -0.302 e. The summed E-state index contributed by atoms with van der Waals surface area (Å²) in [6, 6.07) is -0.207. The van der Waals surface area contributed by atoms with Crippen LogP contribution in [0.5, 0.6) is 0 Å². The quantitative estimate of drug-likeness (QED) is 0.444. The molecule has 0 aliphatic carbocycles. The van der Waals surface area contributed by atoms with Crippen LogP contribution in [0.1, 0.15) is 6.92 Å². The number of fused-ring (bicyclic) bond motifs is 1. The SMILES string of the molecule is CC(C=O)N1CC2C(=O)NC(=O)C2C1. The van der Waals surface area contributed by atoms with Crippen molar-refractivity contribution in [3.05, 3.63) is 0 Å². The van der Waals surface area contributed by atoms with Crippen LogP contribution in [0.4, 0.5) is 0 Å². The van der Waals surface area contributed by atoms with E-state index in [9.17, 15) is 14.4 Å². The Labute approximate surface area is 81.4 Å². The number of likely N-dealkylation sites (tertiary alicyclic amines) is 1. The van der Waals surface area contributed by atoms with E-state index in [2.05, 4.69) is 5.32 Å². The number of nitrogens with zero attached hydrogens (tertiary/aromatic N) is 1. The summed E-state index contributed by atoms with van der Waals surface area (Å²) >= 11 is 0. The molecule has 1 N–H and O–H groups in total. The van der Waals surface area contributed by atoms with Crippen molar-refractivity contribution >= 4 is 18.1 Å². The molecular formula is C9H12N2O3. The van der Waals surface area contributed by atoms with Crippen molar-refractivity contribution in [2.24, 2.45) is 11.8 Å². The Morgan fingerprint density at radius 1 is 1.36 bits per heavy atom. The van der Waals surface area contributed by atoms with Gasteiger partial charge in [0, 0.05) is 13.1 Å². The fourth-order valence-electron chi connectivity index (χ4n) is 2.09. The lowest BCUT2D eigenvalue weighted by atomic mass is 10.00. The molecule has 3 unspecified atom stereocenters. The average molecular weight is 196 g/mol. The molecule has 2 rings (SSSR count). The van der Waals surface area contributed by atoms with Crippen LogP contribution in [-0.4, -0.2) is 42.1 Å². The second-order valence-corrected chi connectivity index (χ2v) is 3.90. The molecule has 5 heteroatoms. The third kappa shape index (κ3) is 1.24. The van der Waals surface area contributed by atoms with Crippen molar-refractivity contribution in [1.82, 2.24) is 10.2 Å². The van der Waals surface area contributed by atoms with Gasteiger partial charge in [0.15, 0.2) is 0 Å². The van der Waals surface area contributed by atoms with Gasteiger partial charge in [-0.15, -0.1) is 0 Å². The van der Waals surface area contributed by atoms with Crippen molar-refractivity contribution in [3.63, 3.8) is 0 Å². The third-order valence-corrected chi connectivity index (χ3v) is 3.04. The molecule has 2 aliphatic rings. The van der Waals surface area contributed by atoms with Gasteiger partial charge in [0.05, 0.1) is 17.9 Å². The van der Waals surface area contributed by atoms with E-state index in [0.29, 0.717) is 13.1 Å². The number of rotatable bonds is 2. The number of nitrogens with one attached hydrogen (secondary N) is 1. The molecule has 2 heterocycles. The van der Waals surface area contributed by atoms with E-state index in [1.807, 2.05) is 4.90 Å². The van der Waals surface area contributed by atoms with E-state index in [4.69, 9.17) is 0 Å². The Morgan fingerprint density at radius 3 is 2.29 bits per heavy atom. The molecule has 5 nitrogen and oxygen atoms in total. The largest absolute Gasteiger partial charge is 0.302 e. The minimum atomic E-state index is -0.245. The summed E-state index contributed by atoms with van der Waals surface area (Å²) in [6.45, 7) is 2.81. The fraction of sp³-hybridized carbons (Fsp3) is 0.667. The summed E-state index contributed by atoms with van der Waals surface area (Å²) in [5.41, 5.74) is 0. The van der Waals surface area contributed by atoms with E-state index >= 15 is 0 Å². The molecule has 0 saturated carbocycles. The van der Waals surface area contributed by atoms with E-state index in [-0.39, 0.29) is 29.7 Å². The van der Waals surface area contributed by atoms with Crippen molar-refractivity contribution < 1.29 is 14.4 Å². The van der Waals surface area contributed by atoms with Crippen molar-refractivity contribution in [2.75, 3.05) is 13.1 Å². The Hall–Kier alpha value is -1.23. The zero-order valence-corrected chi connectivity index (χ0v) is 7.90. The average Bonchev–Trinajstić information content (AvgIpc) is 2.69. The first-order chi connectivity index (χ1) is 6.63. The second-order valence-electron chi connectivity index (χ2n) is 3.90. The van der Waals surface area contributed by atoms with Gasteiger partial charge < -0.3 is 4.79 Å². The number of amides is 2. The Kier molecular flexibility index (Phi) is 2.11. The van der Waals surface area contributed by atoms with Gasteiger partial charge >= 0.3 is 0 Å². The first kappa shape index (κ1) is 9.33. The third-order valence-electron chi connectivity index (χ3n) is 3.04. The molecule has 3 atom stereocenters. The highest BCUT2D eigenvalue weighted by Crippen LogP contribution is 2.28. The van der Waals surface area contributed by atoms with Crippen LogP contribution in [0.2, 0.25) is 0 Å². The zero-order valence-electron chi connectivity index (χ0n) is 7.90. The van der Waals surface area contributed by atoms with E-state index in [1.54, 1.807) is 6.92 Å². The minimum absolute atomic E-state index is 0.194. The van der Waals surface area contributed by atoms with E-state index in [0.717, 1.165) is 6.29 Å². The smallest absolute Gasteiger partial charge is 0.231 e. The highest BCUT2D eigenvalue weighted by Gasteiger charge is 2.48. The first-order valence-electron chi connectivity index (χ1n) is 4.67. The van der Waals surface area contributed by atoms with E-state index in [1.165, 1.54) is 0 Å². The Morgan fingerprint density at radius 2 is 1.86 bits per heavy atom. The first-order valence-corrected chi connectivity index (χ1v) is 4.67. The molecule has 2 aliphatic heterocycles. The van der Waals surface area contributed by atoms with Gasteiger partial charge in [0.1, 0.15) is 6.29 Å². The maximum atomic E-state index is 11.3. The molecule has 0 aromatic heterocycles. The number of carbonyl (C=O) groups excluding carboxylic acids is 3. The summed E-state index contributed by atoms with van der Waals surface area (Å²) in [6.07, 6.45) is 0.837. The van der Waals surface area contributed by atoms with Crippen LogP contribution in [0.25, 0.3) is 0 Å². The van der Waals surface area contributed by atoms with Crippen LogP contribution >= 0.6 is 0 Å². The molecule has 0 aromatic carbocycles. The molecule has 0 spiro atoms. The maximum absolute atomic E-state index is 11.3. The highest BCUT2D eigenvalue weighted by molar-refractivity contribution is 6.05. The van der Waals surface area contributed by atoms with E-state index < -0.39 is 0 Å². The van der Waals surface area contributed by atoms with Crippen LogP contribution in [0.3, 0.4) is 0 Å². The summed E-state index contributed by atoms with van der Waals surface area (Å²) in [5, 5.41) is 2.30. The van der Waals surface area contributed by atoms with Crippen molar-refractivity contribution in [1.29, 1.82) is 0 Å². The summed E-state index contributed by atoms with van der Waals surface area (Å²) in [4.78, 5) is 35.0. The molecule has 14 heavy (non-hydrogen) atoms. The van der Waals surface area contributed by atoms with Gasteiger partial charge in [-0.3, -0.25) is 19.8 Å². The summed E-state index contributed by atoms with van der Waals surface area (Å²) in [7, 11) is 0. The van der Waals surface area contributed by atoms with Crippen LogP contribution in [0.15, 0.2) is 0 Å². The fourth-order valence-corrected chi connectivity index (χ4v) is 2.09. The van der Waals surface area contributed by atoms with Gasteiger partial charge in [-0.05, 0) is 6.92 Å². The molecule has 0 radical (unpaired) electrons. The number of hydrogen-bond acceptors (Lipinski definition) is 4. The van der Waals surface area contributed by atoms with Gasteiger partial charge in [-0.2, -0.15) is 0 Å². The molecule has 2 amide bonds. The van der Waals surface area contributed by atoms with Gasteiger partial charge in [0.25, 0.3) is 0 Å². The molecule has 2 fully saturated rings. The lowest BCUT2D eigenvalue weighted by Crippen LogP contribution is -2.37. The van der Waals surface area contributed by atoms with Crippen LogP contribution < -0.4 is 5.32 Å². The number of imide groups is 1. The normalized spacial score (nSPS) is 34.1. The van der Waals surface area contributed by atoms with Crippen molar-refractivity contribution in [3.8, 4) is 0 Å². The molecule has 76 valence electrons. The standard InChI is InChI=1S/C9H12N2O3/c1-5(4-12)11-2-6-7(3-11)9(14)10-8(6)13/h4-7H,2-3H2,1H3,(H,10,13,14). The Balaban J connectivity index is 2.11. The lowest BCUT2D eigenvalue weighted by molar-refractivity contribution is -0.127. The highest BCUT2D eigenvalue weighted by atomic mass is 16.2. The van der Waals surface area contributed by atoms with Gasteiger partial charge in [-0.25, -0.2) is 0 Å². The number of carbonyl (C=O) groups is 3. The predicted molar refractivity (Wildman–Crippen MR) is 47.2 cm³/mol. The lowest BCUT2D eigenvalue weighted by Gasteiger charge is -2.19. The molecule has 2 saturated heterocycles. The molecule has 0 aromatic rings. The summed E-state index contributed by atoms with van der Waals surface area (Å²) in [5.74, 6) is -0.879. The van der Waals surface area contributed by atoms with Gasteiger partial charge in [0.2, 0.25) is 11.8 Å². The summed E-state index contributed by atoms with van der Waals surface area (Å²) < 4.78 is 0. The molecular weight excluding hydrogens is 184 g/mol. The van der Waals surface area contributed by atoms with Crippen molar-refractivity contribution in [2.45, 2.75) is 13.0 Å². The monoisotopic (exact) mass is 196 g/mol. The number of hydrogen-bond donors (Lipinski definition) is 1. The Bertz CT molecular complexity index is 280. The zero-order chi connectivity index (χ0) is 10.3. The van der Waals surface area contributed by atoms with Crippen LogP contribution in [-0.2, 0) is 14.4 Å². The second kappa shape index (κ2) is 3.16. The topological polar surface area (TPSA) is 66.5 Å². The maximum Gasteiger partial charge on any atom is 0.231 e.